The van der Waals surface area contributed by atoms with Crippen molar-refractivity contribution in [3.05, 3.63) is 10.7 Å². The number of carbonyl (C=O) groups is 1. The molecule has 0 aromatic carbocycles. The number of likely N-dealkylation sites (tertiary alicyclic amines) is 1. The summed E-state index contributed by atoms with van der Waals surface area (Å²) in [5.41, 5.74) is 0.740. The van der Waals surface area contributed by atoms with E-state index in [1.165, 1.54) is 6.42 Å². The number of esters is 1. The van der Waals surface area contributed by atoms with E-state index in [1.54, 1.807) is 0 Å². The molecular weight excluding hydrogens is 266 g/mol. The predicted octanol–water partition coefficient (Wildman–Crippen LogP) is 2.87. The van der Waals surface area contributed by atoms with Crippen LogP contribution in [0.2, 0.25) is 0 Å². The Morgan fingerprint density at radius 1 is 1.32 bits per heavy atom. The third-order valence-electron chi connectivity index (χ3n) is 3.21. The van der Waals surface area contributed by atoms with Gasteiger partial charge in [-0.05, 0) is 24.7 Å². The number of piperidine rings is 1. The van der Waals surface area contributed by atoms with Crippen molar-refractivity contribution in [2.75, 3.05) is 19.7 Å². The molecule has 1 saturated heterocycles. The molecule has 0 aromatic heterocycles. The molecule has 1 fully saturated rings. The summed E-state index contributed by atoms with van der Waals surface area (Å²) in [5, 5.41) is 0.181. The first-order valence-corrected chi connectivity index (χ1v) is 7.23. The molecule has 2 aliphatic heterocycles. The van der Waals surface area contributed by atoms with Crippen molar-refractivity contribution in [3.8, 4) is 0 Å². The molecule has 0 bridgehead atoms. The van der Waals surface area contributed by atoms with E-state index in [1.807, 2.05) is 0 Å². The molecule has 19 heavy (non-hydrogen) atoms. The summed E-state index contributed by atoms with van der Waals surface area (Å²) in [6, 6.07) is 0. The van der Waals surface area contributed by atoms with Crippen LogP contribution in [0.3, 0.4) is 0 Å². The summed E-state index contributed by atoms with van der Waals surface area (Å²) in [6.45, 7) is 8.59. The van der Waals surface area contributed by atoms with Crippen LogP contribution in [0.25, 0.3) is 0 Å². The Kier molecular flexibility index (Phi) is 4.41. The average molecular weight is 288 g/mol. The van der Waals surface area contributed by atoms with Crippen LogP contribution in [-0.4, -0.2) is 36.9 Å². The molecule has 2 rings (SSSR count). The Morgan fingerprint density at radius 3 is 2.53 bits per heavy atom. The Labute approximate surface area is 119 Å². The monoisotopic (exact) mass is 287 g/mol. The largest absolute Gasteiger partial charge is 0.425 e. The predicted molar refractivity (Wildman–Crippen MR) is 73.6 cm³/mol. The Bertz CT molecular complexity index is 381. The minimum absolute atomic E-state index is 0.0223. The number of cyclic esters (lactones) is 1. The van der Waals surface area contributed by atoms with Gasteiger partial charge in [-0.3, -0.25) is 0 Å². The highest BCUT2D eigenvalue weighted by Gasteiger charge is 2.38. The van der Waals surface area contributed by atoms with E-state index in [0.717, 1.165) is 31.6 Å². The number of hydrogen-bond donors (Lipinski definition) is 0. The van der Waals surface area contributed by atoms with Gasteiger partial charge < -0.3 is 14.4 Å². The lowest BCUT2D eigenvalue weighted by Gasteiger charge is -2.32. The number of nitrogens with zero attached hydrogens (tertiary/aromatic N) is 1. The van der Waals surface area contributed by atoms with Crippen LogP contribution >= 0.6 is 11.6 Å². The molecular formula is C14H22ClNO3. The minimum Gasteiger partial charge on any atom is -0.425 e. The number of ether oxygens (including phenoxy) is 2. The van der Waals surface area contributed by atoms with Gasteiger partial charge in [-0.1, -0.05) is 32.4 Å². The molecule has 0 N–H and O–H groups in total. The molecule has 0 aliphatic carbocycles. The first-order valence-electron chi connectivity index (χ1n) is 6.86. The first kappa shape index (κ1) is 14.7. The van der Waals surface area contributed by atoms with E-state index >= 15 is 0 Å². The van der Waals surface area contributed by atoms with Crippen LogP contribution in [0.1, 0.15) is 40.0 Å². The lowest BCUT2D eigenvalue weighted by molar-refractivity contribution is -0.166. The van der Waals surface area contributed by atoms with E-state index in [-0.39, 0.29) is 10.4 Å². The maximum atomic E-state index is 11.6. The summed E-state index contributed by atoms with van der Waals surface area (Å²) in [5.74, 6) is -0.471. The lowest BCUT2D eigenvalue weighted by atomic mass is 9.99. The van der Waals surface area contributed by atoms with Gasteiger partial charge in [0.05, 0.1) is 6.61 Å². The average Bonchev–Trinajstić information content (AvgIpc) is 2.63. The molecule has 0 amide bonds. The molecule has 108 valence electrons. The van der Waals surface area contributed by atoms with Crippen LogP contribution in [0.4, 0.5) is 0 Å². The van der Waals surface area contributed by atoms with Crippen molar-refractivity contribution in [1.82, 2.24) is 4.90 Å². The maximum Gasteiger partial charge on any atom is 0.354 e. The molecule has 0 saturated carbocycles. The van der Waals surface area contributed by atoms with Crippen molar-refractivity contribution < 1.29 is 14.3 Å². The summed E-state index contributed by atoms with van der Waals surface area (Å²) in [7, 11) is 0. The highest BCUT2D eigenvalue weighted by Crippen LogP contribution is 2.32. The van der Waals surface area contributed by atoms with E-state index in [9.17, 15) is 4.79 Å². The van der Waals surface area contributed by atoms with Crippen molar-refractivity contribution in [1.29, 1.82) is 0 Å². The Morgan fingerprint density at radius 2 is 1.95 bits per heavy atom. The highest BCUT2D eigenvalue weighted by atomic mass is 35.5. The SMILES string of the molecule is CC(C)(C)COC1OC(=O)C(Cl)=C1N1CCCCC1. The lowest BCUT2D eigenvalue weighted by Crippen LogP contribution is -2.35. The van der Waals surface area contributed by atoms with Crippen molar-refractivity contribution in [2.45, 2.75) is 46.3 Å². The summed E-state index contributed by atoms with van der Waals surface area (Å²) < 4.78 is 11.0. The third kappa shape index (κ3) is 3.63. The smallest absolute Gasteiger partial charge is 0.354 e. The van der Waals surface area contributed by atoms with Crippen LogP contribution in [0.5, 0.6) is 0 Å². The molecule has 0 radical (unpaired) electrons. The van der Waals surface area contributed by atoms with Crippen LogP contribution < -0.4 is 0 Å². The number of hydrogen-bond acceptors (Lipinski definition) is 4. The van der Waals surface area contributed by atoms with Gasteiger partial charge in [0.15, 0.2) is 5.03 Å². The van der Waals surface area contributed by atoms with Gasteiger partial charge in [0, 0.05) is 13.1 Å². The third-order valence-corrected chi connectivity index (χ3v) is 3.55. The van der Waals surface area contributed by atoms with Crippen molar-refractivity contribution in [3.63, 3.8) is 0 Å². The van der Waals surface area contributed by atoms with Crippen LogP contribution in [0, 0.1) is 5.41 Å². The van der Waals surface area contributed by atoms with E-state index < -0.39 is 12.3 Å². The fourth-order valence-corrected chi connectivity index (χ4v) is 2.53. The van der Waals surface area contributed by atoms with Gasteiger partial charge in [-0.2, -0.15) is 0 Å². The minimum atomic E-state index is -0.641. The fraction of sp³-hybridized carbons (Fsp3) is 0.786. The Balaban J connectivity index is 2.08. The van der Waals surface area contributed by atoms with E-state index in [4.69, 9.17) is 21.1 Å². The molecule has 1 atom stereocenters. The standard InChI is InChI=1S/C14H22ClNO3/c1-14(2,3)9-18-13-11(10(15)12(17)19-13)16-7-5-4-6-8-16/h13H,4-9H2,1-3H3. The fourth-order valence-electron chi connectivity index (χ4n) is 2.27. The second-order valence-corrected chi connectivity index (χ2v) is 6.73. The maximum absolute atomic E-state index is 11.6. The first-order chi connectivity index (χ1) is 8.88. The summed E-state index contributed by atoms with van der Waals surface area (Å²) in [4.78, 5) is 13.8. The van der Waals surface area contributed by atoms with Crippen LogP contribution in [-0.2, 0) is 14.3 Å². The molecule has 2 aliphatic rings. The van der Waals surface area contributed by atoms with Crippen molar-refractivity contribution in [2.24, 2.45) is 5.41 Å². The second-order valence-electron chi connectivity index (χ2n) is 6.36. The molecule has 0 spiro atoms. The molecule has 0 aromatic rings. The zero-order valence-corrected chi connectivity index (χ0v) is 12.6. The zero-order chi connectivity index (χ0) is 14.0. The topological polar surface area (TPSA) is 38.8 Å². The Hall–Kier alpha value is -0.740. The number of rotatable bonds is 3. The van der Waals surface area contributed by atoms with Crippen molar-refractivity contribution >= 4 is 17.6 Å². The number of halogens is 1. The quantitative estimate of drug-likeness (QED) is 0.748. The summed E-state index contributed by atoms with van der Waals surface area (Å²) in [6.07, 6.45) is 2.82. The summed E-state index contributed by atoms with van der Waals surface area (Å²) >= 11 is 6.09. The molecule has 4 nitrogen and oxygen atoms in total. The highest BCUT2D eigenvalue weighted by molar-refractivity contribution is 6.42. The zero-order valence-electron chi connectivity index (χ0n) is 11.9. The van der Waals surface area contributed by atoms with Gasteiger partial charge in [0.1, 0.15) is 5.70 Å². The van der Waals surface area contributed by atoms with Gasteiger partial charge in [0.2, 0.25) is 6.29 Å². The van der Waals surface area contributed by atoms with Gasteiger partial charge in [-0.15, -0.1) is 0 Å². The van der Waals surface area contributed by atoms with Crippen LogP contribution in [0.15, 0.2) is 10.7 Å². The molecule has 1 unspecified atom stereocenters. The van der Waals surface area contributed by atoms with Gasteiger partial charge in [0.25, 0.3) is 0 Å². The number of carbonyl (C=O) groups excluding carboxylic acids is 1. The second kappa shape index (κ2) is 5.71. The molecule has 2 heterocycles. The van der Waals surface area contributed by atoms with E-state index in [0.29, 0.717) is 6.61 Å². The van der Waals surface area contributed by atoms with Gasteiger partial charge in [-0.25, -0.2) is 4.79 Å². The van der Waals surface area contributed by atoms with E-state index in [2.05, 4.69) is 25.7 Å². The van der Waals surface area contributed by atoms with Gasteiger partial charge >= 0.3 is 5.97 Å². The molecule has 5 heteroatoms. The normalized spacial score (nSPS) is 24.9.